The van der Waals surface area contributed by atoms with Gasteiger partial charge in [0.15, 0.2) is 17.3 Å². The Labute approximate surface area is 152 Å². The van der Waals surface area contributed by atoms with Crippen LogP contribution in [-0.4, -0.2) is 27.9 Å². The maximum atomic E-state index is 9.98. The number of allylic oxidation sites excluding steroid dienone is 6. The number of carbonyl (C=O) groups excluding carboxylic acids is 3. The standard InChI is InChI=1S/3C5H8O2.Mn.H2O2/c3*1-4(6)3-5(2)7;;1-2/h3*3,6H,1-2H3;;1-2H/q;;;+3;/p-3/b3*4-3-;;. The summed E-state index contributed by atoms with van der Waals surface area (Å²) in [6, 6.07) is 0. The van der Waals surface area contributed by atoms with Crippen LogP contribution in [0.4, 0.5) is 0 Å². The predicted molar refractivity (Wildman–Crippen MR) is 78.6 cm³/mol. The minimum Gasteiger partial charge on any atom is -0.876 e. The van der Waals surface area contributed by atoms with Gasteiger partial charge in [0.1, 0.15) is 0 Å². The molecule has 24 heavy (non-hydrogen) atoms. The molecule has 8 nitrogen and oxygen atoms in total. The van der Waals surface area contributed by atoms with E-state index in [0.29, 0.717) is 0 Å². The summed E-state index contributed by atoms with van der Waals surface area (Å²) in [6.45, 7) is 8.09. The van der Waals surface area contributed by atoms with E-state index in [2.05, 4.69) is 0 Å². The minimum absolute atomic E-state index is 0. The van der Waals surface area contributed by atoms with Crippen molar-refractivity contribution in [3.8, 4) is 0 Å². The molecule has 0 heterocycles. The molecule has 0 rings (SSSR count). The van der Waals surface area contributed by atoms with E-state index in [1.807, 2.05) is 0 Å². The molecule has 0 aromatic carbocycles. The fraction of sp³-hybridized carbons (Fsp3) is 0.400. The number of hydrogen-bond donors (Lipinski definition) is 2. The quantitative estimate of drug-likeness (QED) is 0.216. The second-order valence-electron chi connectivity index (χ2n) is 4.10. The van der Waals surface area contributed by atoms with E-state index in [1.165, 1.54) is 41.5 Å². The Balaban J connectivity index is -0.0000000699. The van der Waals surface area contributed by atoms with Crippen molar-refractivity contribution < 1.29 is 57.3 Å². The maximum Gasteiger partial charge on any atom is 3.00 e. The largest absolute Gasteiger partial charge is 3.00 e. The normalized spacial score (nSPS) is 10.2. The van der Waals surface area contributed by atoms with Crippen molar-refractivity contribution in [2.24, 2.45) is 0 Å². The third-order valence-electron chi connectivity index (χ3n) is 1.22. The molecule has 2 N–H and O–H groups in total. The van der Waals surface area contributed by atoms with Crippen molar-refractivity contribution >= 4 is 17.3 Å². The molecule has 0 saturated carbocycles. The van der Waals surface area contributed by atoms with E-state index in [-0.39, 0.29) is 51.7 Å². The van der Waals surface area contributed by atoms with Gasteiger partial charge >= 0.3 is 17.1 Å². The summed E-state index contributed by atoms with van der Waals surface area (Å²) < 4.78 is 0. The first-order chi connectivity index (χ1) is 10.4. The van der Waals surface area contributed by atoms with E-state index in [9.17, 15) is 29.7 Å². The van der Waals surface area contributed by atoms with Gasteiger partial charge in [0, 0.05) is 0 Å². The number of rotatable bonds is 3. The Morgan fingerprint density at radius 3 is 0.708 bits per heavy atom. The van der Waals surface area contributed by atoms with Crippen LogP contribution in [0.15, 0.2) is 35.5 Å². The van der Waals surface area contributed by atoms with Crippen LogP contribution < -0.4 is 15.3 Å². The molecular weight excluding hydrogens is 363 g/mol. The Morgan fingerprint density at radius 2 is 0.708 bits per heavy atom. The predicted octanol–water partition coefficient (Wildman–Crippen LogP) is -0.467. The van der Waals surface area contributed by atoms with Gasteiger partial charge in [-0.25, -0.2) is 0 Å². The summed E-state index contributed by atoms with van der Waals surface area (Å²) in [5.74, 6) is -1.12. The molecule has 0 aliphatic carbocycles. The van der Waals surface area contributed by atoms with Gasteiger partial charge in [-0.05, 0) is 39.0 Å². The third kappa shape index (κ3) is 72.0. The van der Waals surface area contributed by atoms with Gasteiger partial charge in [0.25, 0.3) is 0 Å². The first-order valence-electron chi connectivity index (χ1n) is 6.16. The van der Waals surface area contributed by atoms with E-state index in [1.54, 1.807) is 0 Å². The molecule has 0 radical (unpaired) electrons. The fourth-order valence-electron chi connectivity index (χ4n) is 0.859. The topological polar surface area (TPSA) is 161 Å². The molecule has 0 amide bonds. The molecule has 0 aliphatic heterocycles. The van der Waals surface area contributed by atoms with Crippen LogP contribution in [0.3, 0.4) is 0 Å². The van der Waals surface area contributed by atoms with E-state index < -0.39 is 0 Å². The summed E-state index contributed by atoms with van der Waals surface area (Å²) >= 11 is 0. The average molecular weight is 386 g/mol. The van der Waals surface area contributed by atoms with Gasteiger partial charge in [-0.3, -0.25) is 24.9 Å². The molecule has 0 spiro atoms. The van der Waals surface area contributed by atoms with E-state index in [0.717, 1.165) is 18.2 Å². The smallest absolute Gasteiger partial charge is 0.876 e. The average Bonchev–Trinajstić information content (AvgIpc) is 2.26. The van der Waals surface area contributed by atoms with E-state index in [4.69, 9.17) is 10.5 Å². The summed E-state index contributed by atoms with van der Waals surface area (Å²) in [7, 11) is 0. The van der Waals surface area contributed by atoms with Crippen LogP contribution >= 0.6 is 0 Å². The van der Waals surface area contributed by atoms with Crippen LogP contribution in [0, 0.1) is 0 Å². The Kier molecular flexibility index (Phi) is 32.7. The van der Waals surface area contributed by atoms with Crippen LogP contribution in [0.5, 0.6) is 0 Å². The molecular formula is C15H23MnO8. The summed E-state index contributed by atoms with van der Waals surface area (Å²) in [4.78, 5) is 29.9. The van der Waals surface area contributed by atoms with Crippen molar-refractivity contribution in [3.63, 3.8) is 0 Å². The number of carbonyl (C=O) groups is 3. The second kappa shape index (κ2) is 23.3. The van der Waals surface area contributed by atoms with E-state index >= 15 is 0 Å². The van der Waals surface area contributed by atoms with Crippen molar-refractivity contribution in [1.82, 2.24) is 0 Å². The summed E-state index contributed by atoms with van der Waals surface area (Å²) in [5.41, 5.74) is 0. The van der Waals surface area contributed by atoms with Gasteiger partial charge in [-0.15, -0.1) is 17.3 Å². The molecule has 0 saturated heterocycles. The fourth-order valence-corrected chi connectivity index (χ4v) is 0.859. The van der Waals surface area contributed by atoms with Crippen molar-refractivity contribution in [2.75, 3.05) is 0 Å². The first kappa shape index (κ1) is 33.6. The summed E-state index contributed by atoms with van der Waals surface area (Å²) in [5, 5.41) is 41.9. The molecule has 138 valence electrons. The monoisotopic (exact) mass is 386 g/mol. The van der Waals surface area contributed by atoms with Gasteiger partial charge in [0.2, 0.25) is 0 Å². The van der Waals surface area contributed by atoms with Crippen LogP contribution in [0.1, 0.15) is 41.5 Å². The van der Waals surface area contributed by atoms with Gasteiger partial charge < -0.3 is 15.3 Å². The Hall–Kier alpha value is -1.93. The zero-order valence-corrected chi connectivity index (χ0v) is 15.6. The van der Waals surface area contributed by atoms with Gasteiger partial charge in [-0.2, -0.15) is 0 Å². The van der Waals surface area contributed by atoms with Crippen molar-refractivity contribution in [1.29, 1.82) is 0 Å². The summed E-state index contributed by atoms with van der Waals surface area (Å²) in [6.07, 6.45) is 3.17. The molecule has 0 fully saturated rings. The SMILES string of the molecule is CC(=O)/C=C(/C)[O-].CC(=O)/C=C(/C)[O-].CC(=O)/C=C(/C)[O-].OO.[Mn+3]. The molecule has 0 aliphatic rings. The Bertz CT molecular complexity index is 372. The molecule has 9 heteroatoms. The molecule has 0 unspecified atom stereocenters. The molecule has 0 bridgehead atoms. The third-order valence-corrected chi connectivity index (χ3v) is 1.22. The van der Waals surface area contributed by atoms with Gasteiger partial charge in [0.05, 0.1) is 0 Å². The zero-order valence-electron chi connectivity index (χ0n) is 14.5. The second-order valence-corrected chi connectivity index (χ2v) is 4.10. The molecule has 0 aromatic rings. The maximum absolute atomic E-state index is 9.98. The Morgan fingerprint density at radius 1 is 0.583 bits per heavy atom. The van der Waals surface area contributed by atoms with Crippen LogP contribution in [0.25, 0.3) is 0 Å². The zero-order chi connectivity index (χ0) is 19.6. The minimum atomic E-state index is -0.187. The van der Waals surface area contributed by atoms with Crippen molar-refractivity contribution in [3.05, 3.63) is 35.5 Å². The molecule has 0 atom stereocenters. The number of hydrogen-bond acceptors (Lipinski definition) is 8. The van der Waals surface area contributed by atoms with Gasteiger partial charge in [-0.1, -0.05) is 20.8 Å². The van der Waals surface area contributed by atoms with Crippen molar-refractivity contribution in [2.45, 2.75) is 41.5 Å². The van der Waals surface area contributed by atoms with Crippen LogP contribution in [-0.2, 0) is 31.5 Å². The first-order valence-corrected chi connectivity index (χ1v) is 6.16. The van der Waals surface area contributed by atoms with Crippen LogP contribution in [0.2, 0.25) is 0 Å². The molecule has 0 aromatic heterocycles. The number of ketones is 3.